The van der Waals surface area contributed by atoms with E-state index in [9.17, 15) is 9.59 Å². The van der Waals surface area contributed by atoms with E-state index in [-0.39, 0.29) is 11.8 Å². The fourth-order valence-corrected chi connectivity index (χ4v) is 1.72. The van der Waals surface area contributed by atoms with Gasteiger partial charge in [0.25, 0.3) is 11.8 Å². The van der Waals surface area contributed by atoms with Crippen molar-refractivity contribution in [3.8, 4) is 5.75 Å². The van der Waals surface area contributed by atoms with Crippen molar-refractivity contribution in [1.29, 1.82) is 0 Å². The first kappa shape index (κ1) is 12.3. The van der Waals surface area contributed by atoms with Crippen molar-refractivity contribution in [3.63, 3.8) is 0 Å². The number of imide groups is 1. The number of amides is 2. The molecule has 2 N–H and O–H groups in total. The number of hydrogen-bond donors (Lipinski definition) is 1. The second kappa shape index (κ2) is 5.01. The second-order valence-electron chi connectivity index (χ2n) is 3.94. The van der Waals surface area contributed by atoms with Crippen LogP contribution in [0, 0.1) is 0 Å². The van der Waals surface area contributed by atoms with Crippen LogP contribution in [0.2, 0.25) is 0 Å². The van der Waals surface area contributed by atoms with Gasteiger partial charge in [-0.15, -0.1) is 0 Å². The van der Waals surface area contributed by atoms with Crippen molar-refractivity contribution in [1.82, 2.24) is 0 Å². The summed E-state index contributed by atoms with van der Waals surface area (Å²) in [6.45, 7) is 2.42. The van der Waals surface area contributed by atoms with E-state index in [2.05, 4.69) is 0 Å². The maximum atomic E-state index is 11.8. The van der Waals surface area contributed by atoms with Crippen molar-refractivity contribution in [2.45, 2.75) is 6.92 Å². The van der Waals surface area contributed by atoms with Crippen LogP contribution in [0.25, 0.3) is 0 Å². The van der Waals surface area contributed by atoms with Crippen molar-refractivity contribution >= 4 is 17.5 Å². The lowest BCUT2D eigenvalue weighted by Gasteiger charge is -2.15. The third-order valence-electron chi connectivity index (χ3n) is 2.56. The minimum absolute atomic E-state index is 0.295. The Balaban J connectivity index is 2.24. The molecule has 0 aromatic heterocycles. The summed E-state index contributed by atoms with van der Waals surface area (Å²) in [5.74, 6) is -0.0347. The highest BCUT2D eigenvalue weighted by atomic mass is 16.5. The van der Waals surface area contributed by atoms with E-state index in [1.807, 2.05) is 0 Å². The molecule has 0 fully saturated rings. The molecule has 2 rings (SSSR count). The summed E-state index contributed by atoms with van der Waals surface area (Å²) in [5.41, 5.74) is 6.29. The zero-order chi connectivity index (χ0) is 13.1. The lowest BCUT2D eigenvalue weighted by molar-refractivity contribution is -0.120. The van der Waals surface area contributed by atoms with Gasteiger partial charge in [0.2, 0.25) is 0 Å². The number of hydrogen-bond acceptors (Lipinski definition) is 4. The van der Waals surface area contributed by atoms with Gasteiger partial charge in [0.1, 0.15) is 12.4 Å². The average Bonchev–Trinajstić information content (AvgIpc) is 2.61. The largest absolute Gasteiger partial charge is 0.492 e. The number of ether oxygens (including phenoxy) is 1. The smallest absolute Gasteiger partial charge is 0.261 e. The van der Waals surface area contributed by atoms with E-state index in [4.69, 9.17) is 10.5 Å². The first-order chi connectivity index (χ1) is 8.63. The zero-order valence-electron chi connectivity index (χ0n) is 10.1. The normalized spacial score (nSPS) is 15.0. The fraction of sp³-hybridized carbons (Fsp3) is 0.231. The van der Waals surface area contributed by atoms with Crippen molar-refractivity contribution in [3.05, 3.63) is 35.9 Å². The van der Waals surface area contributed by atoms with Crippen LogP contribution in [0.5, 0.6) is 5.75 Å². The number of anilines is 1. The van der Waals surface area contributed by atoms with Gasteiger partial charge in [0.15, 0.2) is 0 Å². The molecule has 0 saturated carbocycles. The van der Waals surface area contributed by atoms with Crippen LogP contribution < -0.4 is 15.4 Å². The van der Waals surface area contributed by atoms with Crippen LogP contribution in [-0.2, 0) is 9.59 Å². The molecule has 1 aliphatic rings. The molecule has 1 aromatic rings. The van der Waals surface area contributed by atoms with Gasteiger partial charge >= 0.3 is 0 Å². The number of carbonyl (C=O) groups is 2. The maximum absolute atomic E-state index is 11.8. The molecule has 0 spiro atoms. The first-order valence-corrected chi connectivity index (χ1v) is 5.63. The lowest BCUT2D eigenvalue weighted by Crippen LogP contribution is -2.30. The molecule has 1 aromatic carbocycles. The Kier molecular flexibility index (Phi) is 3.43. The van der Waals surface area contributed by atoms with Gasteiger partial charge < -0.3 is 10.5 Å². The van der Waals surface area contributed by atoms with Crippen LogP contribution in [0.4, 0.5) is 5.69 Å². The van der Waals surface area contributed by atoms with E-state index in [0.717, 1.165) is 4.90 Å². The highest BCUT2D eigenvalue weighted by molar-refractivity contribution is 6.30. The molecule has 0 aliphatic carbocycles. The van der Waals surface area contributed by atoms with Crippen LogP contribution in [0.15, 0.2) is 35.9 Å². The van der Waals surface area contributed by atoms with Gasteiger partial charge in [-0.1, -0.05) is 6.07 Å². The molecule has 0 unspecified atom stereocenters. The summed E-state index contributed by atoms with van der Waals surface area (Å²) >= 11 is 0. The van der Waals surface area contributed by atoms with Crippen molar-refractivity contribution in [2.75, 3.05) is 18.1 Å². The molecule has 2 amide bonds. The second-order valence-corrected chi connectivity index (χ2v) is 3.94. The Morgan fingerprint density at radius 3 is 2.72 bits per heavy atom. The quantitative estimate of drug-likeness (QED) is 0.799. The number of benzene rings is 1. The molecular formula is C13H14N2O3. The van der Waals surface area contributed by atoms with Crippen molar-refractivity contribution in [2.24, 2.45) is 5.73 Å². The Labute approximate surface area is 105 Å². The Hall–Kier alpha value is -2.14. The molecule has 0 atom stereocenters. The number of nitrogens with zero attached hydrogens (tertiary/aromatic N) is 1. The minimum Gasteiger partial charge on any atom is -0.492 e. The predicted octanol–water partition coefficient (Wildman–Crippen LogP) is 0.844. The minimum atomic E-state index is -0.325. The molecule has 18 heavy (non-hydrogen) atoms. The third-order valence-corrected chi connectivity index (χ3v) is 2.56. The van der Waals surface area contributed by atoms with E-state index in [1.54, 1.807) is 31.2 Å². The van der Waals surface area contributed by atoms with Gasteiger partial charge in [-0.2, -0.15) is 0 Å². The standard InChI is InChI=1S/C13H14N2O3/c1-9-7-12(16)15(13(9)17)10-3-2-4-11(8-10)18-6-5-14/h2-4,7-8H,5-6,14H2,1H3. The molecule has 94 valence electrons. The summed E-state index contributed by atoms with van der Waals surface area (Å²) in [5, 5.41) is 0. The fourth-order valence-electron chi connectivity index (χ4n) is 1.72. The molecular weight excluding hydrogens is 232 g/mol. The highest BCUT2D eigenvalue weighted by Crippen LogP contribution is 2.25. The molecule has 5 nitrogen and oxygen atoms in total. The van der Waals surface area contributed by atoms with Crippen LogP contribution >= 0.6 is 0 Å². The van der Waals surface area contributed by atoms with Crippen LogP contribution in [-0.4, -0.2) is 25.0 Å². The predicted molar refractivity (Wildman–Crippen MR) is 67.2 cm³/mol. The SMILES string of the molecule is CC1=CC(=O)N(c2cccc(OCCN)c2)C1=O. The van der Waals surface area contributed by atoms with Gasteiger partial charge in [0.05, 0.1) is 5.69 Å². The number of carbonyl (C=O) groups excluding carboxylic acids is 2. The van der Waals surface area contributed by atoms with Crippen LogP contribution in [0.3, 0.4) is 0 Å². The Bertz CT molecular complexity index is 523. The van der Waals surface area contributed by atoms with Gasteiger partial charge in [-0.25, -0.2) is 4.90 Å². The van der Waals surface area contributed by atoms with Crippen molar-refractivity contribution < 1.29 is 14.3 Å². The zero-order valence-corrected chi connectivity index (χ0v) is 10.1. The summed E-state index contributed by atoms with van der Waals surface area (Å²) in [6.07, 6.45) is 1.33. The average molecular weight is 246 g/mol. The van der Waals surface area contributed by atoms with Gasteiger partial charge in [0, 0.05) is 24.3 Å². The monoisotopic (exact) mass is 246 g/mol. The summed E-state index contributed by atoms with van der Waals surface area (Å²) in [7, 11) is 0. The summed E-state index contributed by atoms with van der Waals surface area (Å²) in [6, 6.07) is 6.83. The van der Waals surface area contributed by atoms with E-state index < -0.39 is 0 Å². The summed E-state index contributed by atoms with van der Waals surface area (Å²) in [4.78, 5) is 24.6. The van der Waals surface area contributed by atoms with E-state index in [1.165, 1.54) is 6.08 Å². The number of nitrogens with two attached hydrogens (primary N) is 1. The molecule has 0 bridgehead atoms. The van der Waals surface area contributed by atoms with E-state index in [0.29, 0.717) is 30.2 Å². The van der Waals surface area contributed by atoms with E-state index >= 15 is 0 Å². The van der Waals surface area contributed by atoms with Gasteiger partial charge in [-0.3, -0.25) is 9.59 Å². The molecule has 5 heteroatoms. The summed E-state index contributed by atoms with van der Waals surface area (Å²) < 4.78 is 5.36. The topological polar surface area (TPSA) is 72.6 Å². The molecule has 1 heterocycles. The highest BCUT2D eigenvalue weighted by Gasteiger charge is 2.29. The van der Waals surface area contributed by atoms with Gasteiger partial charge in [-0.05, 0) is 19.1 Å². The third kappa shape index (κ3) is 2.26. The maximum Gasteiger partial charge on any atom is 0.261 e. The molecule has 0 radical (unpaired) electrons. The molecule has 0 saturated heterocycles. The Morgan fingerprint density at radius 2 is 2.11 bits per heavy atom. The molecule has 1 aliphatic heterocycles. The lowest BCUT2D eigenvalue weighted by atomic mass is 10.2. The Morgan fingerprint density at radius 1 is 1.33 bits per heavy atom. The van der Waals surface area contributed by atoms with Crippen LogP contribution in [0.1, 0.15) is 6.92 Å². The first-order valence-electron chi connectivity index (χ1n) is 5.63. The number of rotatable bonds is 4.